The van der Waals surface area contributed by atoms with Crippen molar-refractivity contribution in [2.24, 2.45) is 0 Å². The maximum absolute atomic E-state index is 5.82. The van der Waals surface area contributed by atoms with Crippen LogP contribution in [0.4, 0.5) is 11.5 Å². The monoisotopic (exact) mass is 297 g/mol. The molecule has 2 fully saturated rings. The summed E-state index contributed by atoms with van der Waals surface area (Å²) in [7, 11) is 0. The van der Waals surface area contributed by atoms with Crippen molar-refractivity contribution in [3.8, 4) is 0 Å². The number of nitrogens with two attached hydrogens (primary N) is 1. The highest BCUT2D eigenvalue weighted by atomic mass is 79.9. The average molecular weight is 298 g/mol. The van der Waals surface area contributed by atoms with E-state index in [9.17, 15) is 0 Å². The van der Waals surface area contributed by atoms with Crippen LogP contribution in [0.3, 0.4) is 0 Å². The van der Waals surface area contributed by atoms with Gasteiger partial charge in [-0.1, -0.05) is 0 Å². The summed E-state index contributed by atoms with van der Waals surface area (Å²) < 4.78 is 6.78. The Morgan fingerprint density at radius 2 is 2.35 bits per heavy atom. The van der Waals surface area contributed by atoms with Gasteiger partial charge in [-0.25, -0.2) is 4.98 Å². The van der Waals surface area contributed by atoms with Crippen LogP contribution in [0.5, 0.6) is 0 Å². The fourth-order valence-electron chi connectivity index (χ4n) is 2.66. The highest BCUT2D eigenvalue weighted by molar-refractivity contribution is 9.10. The van der Waals surface area contributed by atoms with Crippen molar-refractivity contribution in [1.82, 2.24) is 4.98 Å². The lowest BCUT2D eigenvalue weighted by Gasteiger charge is -2.21. The van der Waals surface area contributed by atoms with E-state index in [0.717, 1.165) is 28.7 Å². The lowest BCUT2D eigenvalue weighted by molar-refractivity contribution is 0.102. The van der Waals surface area contributed by atoms with E-state index in [0.29, 0.717) is 23.9 Å². The zero-order valence-electron chi connectivity index (χ0n) is 9.74. The number of aromatic nitrogens is 1. The number of rotatable bonds is 2. The van der Waals surface area contributed by atoms with E-state index in [-0.39, 0.29) is 0 Å². The maximum Gasteiger partial charge on any atom is 0.141 e. The van der Waals surface area contributed by atoms with E-state index in [1.54, 1.807) is 6.20 Å². The minimum absolute atomic E-state index is 0.353. The third-order valence-corrected chi connectivity index (χ3v) is 4.70. The lowest BCUT2D eigenvalue weighted by atomic mass is 9.95. The fraction of sp³-hybridized carbons (Fsp3) is 0.583. The molecule has 1 aromatic heterocycles. The van der Waals surface area contributed by atoms with Crippen molar-refractivity contribution in [1.29, 1.82) is 0 Å². The maximum atomic E-state index is 5.82. The van der Waals surface area contributed by atoms with Gasteiger partial charge in [0.2, 0.25) is 0 Å². The normalized spacial score (nSPS) is 30.8. The lowest BCUT2D eigenvalue weighted by Crippen LogP contribution is -2.31. The number of ether oxygens (including phenoxy) is 1. The second-order valence-corrected chi connectivity index (χ2v) is 5.65. The van der Waals surface area contributed by atoms with Crippen LogP contribution in [0.2, 0.25) is 0 Å². The Labute approximate surface area is 109 Å². The molecule has 4 nitrogen and oxygen atoms in total. The summed E-state index contributed by atoms with van der Waals surface area (Å²) in [4.78, 5) is 4.35. The van der Waals surface area contributed by atoms with Gasteiger partial charge in [0.05, 0.1) is 34.6 Å². The molecule has 0 spiro atoms. The van der Waals surface area contributed by atoms with Gasteiger partial charge in [0.25, 0.3) is 0 Å². The van der Waals surface area contributed by atoms with Gasteiger partial charge in [0.15, 0.2) is 0 Å². The van der Waals surface area contributed by atoms with Gasteiger partial charge in [0, 0.05) is 0 Å². The van der Waals surface area contributed by atoms with E-state index in [2.05, 4.69) is 26.2 Å². The predicted octanol–water partition coefficient (Wildman–Crippen LogP) is 2.47. The largest absolute Gasteiger partial charge is 0.397 e. The van der Waals surface area contributed by atoms with E-state index >= 15 is 0 Å². The second-order valence-electron chi connectivity index (χ2n) is 4.86. The highest BCUT2D eigenvalue weighted by Gasteiger charge is 2.41. The van der Waals surface area contributed by atoms with Crippen LogP contribution >= 0.6 is 15.9 Å². The molecular formula is C12H16BrN3O. The molecule has 0 saturated carbocycles. The first-order valence-corrected chi connectivity index (χ1v) is 6.77. The van der Waals surface area contributed by atoms with Gasteiger partial charge < -0.3 is 15.8 Å². The van der Waals surface area contributed by atoms with Gasteiger partial charge in [-0.2, -0.15) is 0 Å². The van der Waals surface area contributed by atoms with Crippen LogP contribution in [0.15, 0.2) is 10.7 Å². The predicted molar refractivity (Wildman–Crippen MR) is 71.0 cm³/mol. The molecule has 3 rings (SSSR count). The first kappa shape index (κ1) is 11.3. The standard InChI is InChI=1S/C12H16BrN3O/c1-6-8(14)5-15-12(11(6)13)16-9-4-7-2-3-10(9)17-7/h5,7,9-10H,2-4,14H2,1H3,(H,15,16). The topological polar surface area (TPSA) is 60.2 Å². The van der Waals surface area contributed by atoms with Gasteiger partial charge in [0.1, 0.15) is 5.82 Å². The molecule has 3 N–H and O–H groups in total. The third kappa shape index (κ3) is 1.91. The van der Waals surface area contributed by atoms with Crippen LogP contribution in [0.1, 0.15) is 24.8 Å². The number of hydrogen-bond acceptors (Lipinski definition) is 4. The van der Waals surface area contributed by atoms with Gasteiger partial charge in [-0.05, 0) is 47.7 Å². The summed E-state index contributed by atoms with van der Waals surface area (Å²) in [6.07, 6.45) is 5.96. The van der Waals surface area contributed by atoms with Crippen molar-refractivity contribution in [3.63, 3.8) is 0 Å². The van der Waals surface area contributed by atoms with E-state index < -0.39 is 0 Å². The van der Waals surface area contributed by atoms with E-state index in [1.165, 1.54) is 6.42 Å². The Kier molecular flexibility index (Phi) is 2.75. The smallest absolute Gasteiger partial charge is 0.141 e. The van der Waals surface area contributed by atoms with Crippen molar-refractivity contribution in [2.75, 3.05) is 11.1 Å². The molecule has 3 unspecified atom stereocenters. The van der Waals surface area contributed by atoms with Gasteiger partial charge in [-0.3, -0.25) is 0 Å². The summed E-state index contributed by atoms with van der Waals surface area (Å²) >= 11 is 3.55. The van der Waals surface area contributed by atoms with Crippen molar-refractivity contribution >= 4 is 27.4 Å². The van der Waals surface area contributed by atoms with Gasteiger partial charge in [-0.15, -0.1) is 0 Å². The van der Waals surface area contributed by atoms with Crippen LogP contribution in [0.25, 0.3) is 0 Å². The molecule has 92 valence electrons. The molecular weight excluding hydrogens is 282 g/mol. The Hall–Kier alpha value is -0.810. The fourth-order valence-corrected chi connectivity index (χ4v) is 3.10. The molecule has 2 saturated heterocycles. The van der Waals surface area contributed by atoms with Crippen molar-refractivity contribution in [2.45, 2.75) is 44.4 Å². The minimum Gasteiger partial charge on any atom is -0.397 e. The summed E-state index contributed by atoms with van der Waals surface area (Å²) in [6.45, 7) is 1.99. The van der Waals surface area contributed by atoms with Crippen molar-refractivity contribution in [3.05, 3.63) is 16.2 Å². The molecule has 0 amide bonds. The molecule has 3 atom stereocenters. The Morgan fingerprint density at radius 3 is 3.00 bits per heavy atom. The molecule has 0 radical (unpaired) electrons. The van der Waals surface area contributed by atoms with Crippen LogP contribution in [-0.4, -0.2) is 23.2 Å². The Balaban J connectivity index is 1.79. The van der Waals surface area contributed by atoms with Crippen LogP contribution in [0, 0.1) is 6.92 Å². The summed E-state index contributed by atoms with van der Waals surface area (Å²) in [5, 5.41) is 3.47. The number of halogens is 1. The van der Waals surface area contributed by atoms with E-state index in [4.69, 9.17) is 10.5 Å². The number of anilines is 2. The molecule has 2 aliphatic rings. The zero-order chi connectivity index (χ0) is 12.0. The molecule has 17 heavy (non-hydrogen) atoms. The minimum atomic E-state index is 0.353. The Bertz CT molecular complexity index is 452. The van der Waals surface area contributed by atoms with Crippen molar-refractivity contribution < 1.29 is 4.74 Å². The number of fused-ring (bicyclic) bond motifs is 2. The quantitative estimate of drug-likeness (QED) is 0.880. The van der Waals surface area contributed by atoms with Crippen LogP contribution < -0.4 is 11.1 Å². The molecule has 3 heterocycles. The van der Waals surface area contributed by atoms with E-state index in [1.807, 2.05) is 6.92 Å². The Morgan fingerprint density at radius 1 is 1.53 bits per heavy atom. The number of pyridine rings is 1. The third-order valence-electron chi connectivity index (χ3n) is 3.73. The number of nitrogens with one attached hydrogen (secondary N) is 1. The summed E-state index contributed by atoms with van der Waals surface area (Å²) in [5.74, 6) is 0.873. The van der Waals surface area contributed by atoms with Gasteiger partial charge >= 0.3 is 0 Å². The summed E-state index contributed by atoms with van der Waals surface area (Å²) in [6, 6.07) is 0.389. The average Bonchev–Trinajstić information content (AvgIpc) is 2.92. The number of nitrogens with zero attached hydrogens (tertiary/aromatic N) is 1. The molecule has 2 aliphatic heterocycles. The molecule has 0 aliphatic carbocycles. The highest BCUT2D eigenvalue weighted by Crippen LogP contribution is 2.37. The SMILES string of the molecule is Cc1c(N)cnc(NC2CC3CCC2O3)c1Br. The second kappa shape index (κ2) is 4.14. The first-order chi connectivity index (χ1) is 8.15. The number of hydrogen-bond donors (Lipinski definition) is 2. The first-order valence-electron chi connectivity index (χ1n) is 5.97. The number of nitrogen functional groups attached to an aromatic ring is 1. The summed E-state index contributed by atoms with van der Waals surface area (Å²) in [5.41, 5.74) is 7.56. The zero-order valence-corrected chi connectivity index (χ0v) is 11.3. The molecule has 1 aromatic rings. The molecule has 5 heteroatoms. The molecule has 0 aromatic carbocycles. The molecule has 2 bridgehead atoms. The van der Waals surface area contributed by atoms with Crippen LogP contribution in [-0.2, 0) is 4.74 Å².